The van der Waals surface area contributed by atoms with Gasteiger partial charge in [0, 0.05) is 18.2 Å². The highest BCUT2D eigenvalue weighted by Gasteiger charge is 2.24. The van der Waals surface area contributed by atoms with Crippen LogP contribution in [-0.4, -0.2) is 41.1 Å². The van der Waals surface area contributed by atoms with Crippen molar-refractivity contribution in [1.82, 2.24) is 5.32 Å². The number of nitrogens with zero attached hydrogens (tertiary/aromatic N) is 1. The van der Waals surface area contributed by atoms with Crippen molar-refractivity contribution in [3.8, 4) is 0 Å². The lowest BCUT2D eigenvalue weighted by atomic mass is 10.0. The maximum absolute atomic E-state index is 10.9. The molecule has 0 aromatic heterocycles. The molecule has 0 radical (unpaired) electrons. The Balaban J connectivity index is 3.93. The molecule has 0 saturated heterocycles. The minimum atomic E-state index is -1.27. The molecule has 0 bridgehead atoms. The number of nitrogens with one attached hydrogen (secondary N) is 1. The molecule has 0 aromatic carbocycles. The molecule has 7 heteroatoms. The second-order valence-electron chi connectivity index (χ2n) is 5.03. The lowest BCUT2D eigenvalue weighted by Gasteiger charge is -2.28. The van der Waals surface area contributed by atoms with E-state index in [4.69, 9.17) is 9.57 Å². The van der Waals surface area contributed by atoms with Crippen molar-refractivity contribution in [2.75, 3.05) is 13.2 Å². The lowest BCUT2D eigenvalue weighted by molar-refractivity contribution is -0.202. The quantitative estimate of drug-likeness (QED) is 0.199. The van der Waals surface area contributed by atoms with Crippen LogP contribution in [0.4, 0.5) is 4.79 Å². The molecule has 1 atom stereocenters. The topological polar surface area (TPSA) is 80.2 Å². The highest BCUT2D eigenvalue weighted by atomic mass is 32.1. The predicted octanol–water partition coefficient (Wildman–Crippen LogP) is 1.93. The molecule has 0 fully saturated rings. The zero-order valence-corrected chi connectivity index (χ0v) is 12.9. The number of carbonyl (C=O) groups excluding carboxylic acids is 1. The molecule has 19 heavy (non-hydrogen) atoms. The first-order valence-electron chi connectivity index (χ1n) is 6.16. The SMILES string of the molecule is C/C=N/OCCC(C)(O)OCCC(C)(C)NC(=O)S. The van der Waals surface area contributed by atoms with Crippen molar-refractivity contribution in [2.24, 2.45) is 5.16 Å². The van der Waals surface area contributed by atoms with Gasteiger partial charge in [-0.15, -0.1) is 0 Å². The van der Waals surface area contributed by atoms with Crippen LogP contribution in [0.5, 0.6) is 0 Å². The van der Waals surface area contributed by atoms with E-state index < -0.39 is 11.3 Å². The number of hydrogen-bond acceptors (Lipinski definition) is 5. The zero-order valence-electron chi connectivity index (χ0n) is 12.0. The molecule has 0 aliphatic rings. The van der Waals surface area contributed by atoms with E-state index in [-0.39, 0.29) is 11.8 Å². The number of rotatable bonds is 9. The highest BCUT2D eigenvalue weighted by Crippen LogP contribution is 2.15. The van der Waals surface area contributed by atoms with Crippen LogP contribution in [0.1, 0.15) is 40.5 Å². The van der Waals surface area contributed by atoms with Crippen molar-refractivity contribution in [2.45, 2.75) is 51.9 Å². The van der Waals surface area contributed by atoms with Crippen LogP contribution in [0.3, 0.4) is 0 Å². The first-order chi connectivity index (χ1) is 8.68. The van der Waals surface area contributed by atoms with E-state index >= 15 is 0 Å². The van der Waals surface area contributed by atoms with Crippen molar-refractivity contribution in [1.29, 1.82) is 0 Å². The van der Waals surface area contributed by atoms with E-state index in [2.05, 4.69) is 23.1 Å². The summed E-state index contributed by atoms with van der Waals surface area (Å²) in [5.41, 5.74) is -0.433. The summed E-state index contributed by atoms with van der Waals surface area (Å²) in [6, 6.07) is 0. The summed E-state index contributed by atoms with van der Waals surface area (Å²) in [6.07, 6.45) is 2.39. The smallest absolute Gasteiger partial charge is 0.276 e. The second-order valence-corrected chi connectivity index (χ2v) is 5.44. The van der Waals surface area contributed by atoms with Crippen molar-refractivity contribution in [3.63, 3.8) is 0 Å². The van der Waals surface area contributed by atoms with E-state index in [9.17, 15) is 9.90 Å². The van der Waals surface area contributed by atoms with Gasteiger partial charge in [0.15, 0.2) is 5.79 Å². The molecule has 0 saturated carbocycles. The third-order valence-electron chi connectivity index (χ3n) is 2.42. The molecule has 6 nitrogen and oxygen atoms in total. The summed E-state index contributed by atoms with van der Waals surface area (Å²) in [7, 11) is 0. The number of carbonyl (C=O) groups is 1. The number of ether oxygens (including phenoxy) is 1. The Hall–Kier alpha value is -0.790. The molecule has 112 valence electrons. The summed E-state index contributed by atoms with van der Waals surface area (Å²) < 4.78 is 5.37. The van der Waals surface area contributed by atoms with Gasteiger partial charge in [0.05, 0.1) is 6.61 Å². The fourth-order valence-corrected chi connectivity index (χ4v) is 1.62. The Morgan fingerprint density at radius 2 is 2.00 bits per heavy atom. The Morgan fingerprint density at radius 1 is 1.37 bits per heavy atom. The standard InChI is InChI=1S/C12H24N2O4S/c1-5-13-18-9-7-12(4,16)17-8-6-11(2,3)14-10(15)19/h5,16H,6-9H2,1-4H3,(H2,14,15,19)/b13-5+. The average Bonchev–Trinajstić information content (AvgIpc) is 2.21. The molecule has 1 unspecified atom stereocenters. The number of aliphatic hydroxyl groups is 1. The maximum Gasteiger partial charge on any atom is 0.276 e. The van der Waals surface area contributed by atoms with Gasteiger partial charge in [-0.1, -0.05) is 17.8 Å². The van der Waals surface area contributed by atoms with Crippen LogP contribution in [0.25, 0.3) is 0 Å². The van der Waals surface area contributed by atoms with Gasteiger partial charge in [0.1, 0.15) is 6.61 Å². The van der Waals surface area contributed by atoms with E-state index in [0.717, 1.165) is 0 Å². The van der Waals surface area contributed by atoms with Gasteiger partial charge < -0.3 is 20.0 Å². The fourth-order valence-electron chi connectivity index (χ4n) is 1.31. The predicted molar refractivity (Wildman–Crippen MR) is 77.5 cm³/mol. The summed E-state index contributed by atoms with van der Waals surface area (Å²) in [6.45, 7) is 7.61. The van der Waals surface area contributed by atoms with Gasteiger partial charge in [-0.25, -0.2) is 0 Å². The van der Waals surface area contributed by atoms with Crippen molar-refractivity contribution < 1.29 is 19.5 Å². The lowest BCUT2D eigenvalue weighted by Crippen LogP contribution is -2.42. The molecule has 0 rings (SSSR count). The third-order valence-corrected chi connectivity index (χ3v) is 2.53. The molecule has 1 amide bonds. The Labute approximate surface area is 119 Å². The maximum atomic E-state index is 10.9. The molecular weight excluding hydrogens is 268 g/mol. The molecule has 0 aliphatic carbocycles. The van der Waals surface area contributed by atoms with Crippen LogP contribution < -0.4 is 5.32 Å². The van der Waals surface area contributed by atoms with Crippen LogP contribution in [-0.2, 0) is 9.57 Å². The Bertz CT molecular complexity index is 306. The van der Waals surface area contributed by atoms with Gasteiger partial charge in [-0.2, -0.15) is 0 Å². The highest BCUT2D eigenvalue weighted by molar-refractivity contribution is 7.96. The minimum absolute atomic E-state index is 0.272. The van der Waals surface area contributed by atoms with E-state index in [1.165, 1.54) is 6.21 Å². The van der Waals surface area contributed by atoms with Crippen LogP contribution in [0.2, 0.25) is 0 Å². The van der Waals surface area contributed by atoms with E-state index in [1.807, 2.05) is 13.8 Å². The Morgan fingerprint density at radius 3 is 2.53 bits per heavy atom. The first kappa shape index (κ1) is 18.2. The molecule has 0 aliphatic heterocycles. The number of thiol groups is 1. The number of oxime groups is 1. The van der Waals surface area contributed by atoms with E-state index in [1.54, 1.807) is 13.8 Å². The van der Waals surface area contributed by atoms with Gasteiger partial charge in [-0.3, -0.25) is 4.79 Å². The van der Waals surface area contributed by atoms with Crippen LogP contribution >= 0.6 is 12.6 Å². The van der Waals surface area contributed by atoms with Gasteiger partial charge in [0.25, 0.3) is 5.24 Å². The summed E-state index contributed by atoms with van der Waals surface area (Å²) in [5, 5.41) is 15.8. The third kappa shape index (κ3) is 10.8. The normalized spacial score (nSPS) is 15.3. The average molecular weight is 292 g/mol. The molecule has 0 aromatic rings. The number of hydrogen-bond donors (Lipinski definition) is 3. The summed E-state index contributed by atoms with van der Waals surface area (Å²) >= 11 is 3.67. The summed E-state index contributed by atoms with van der Waals surface area (Å²) in [4.78, 5) is 15.7. The molecular formula is C12H24N2O4S. The number of amides is 1. The van der Waals surface area contributed by atoms with Crippen LogP contribution in [0, 0.1) is 0 Å². The van der Waals surface area contributed by atoms with Gasteiger partial charge >= 0.3 is 0 Å². The minimum Gasteiger partial charge on any atom is -0.396 e. The van der Waals surface area contributed by atoms with E-state index in [0.29, 0.717) is 19.4 Å². The van der Waals surface area contributed by atoms with Crippen LogP contribution in [0.15, 0.2) is 5.16 Å². The molecule has 2 N–H and O–H groups in total. The Kier molecular flexibility index (Phi) is 8.05. The van der Waals surface area contributed by atoms with Gasteiger partial charge in [0.2, 0.25) is 0 Å². The molecule has 0 spiro atoms. The molecule has 0 heterocycles. The van der Waals surface area contributed by atoms with Crippen molar-refractivity contribution >= 4 is 24.1 Å². The first-order valence-corrected chi connectivity index (χ1v) is 6.61. The summed E-state index contributed by atoms with van der Waals surface area (Å²) in [5.74, 6) is -1.27. The second kappa shape index (κ2) is 8.39. The fraction of sp³-hybridized carbons (Fsp3) is 0.833. The van der Waals surface area contributed by atoms with Gasteiger partial charge in [-0.05, 0) is 34.1 Å². The monoisotopic (exact) mass is 292 g/mol. The van der Waals surface area contributed by atoms with Crippen molar-refractivity contribution in [3.05, 3.63) is 0 Å². The zero-order chi connectivity index (χ0) is 14.9. The largest absolute Gasteiger partial charge is 0.396 e.